The molecule has 0 aromatic heterocycles. The molecule has 4 nitrogen and oxygen atoms in total. The lowest BCUT2D eigenvalue weighted by molar-refractivity contribution is -0.141. The Hall–Kier alpha value is -1.56. The van der Waals surface area contributed by atoms with Crippen LogP contribution in [0.5, 0.6) is 0 Å². The maximum Gasteiger partial charge on any atom is 0.333 e. The second kappa shape index (κ2) is 5.83. The van der Waals surface area contributed by atoms with Crippen molar-refractivity contribution in [1.29, 1.82) is 0 Å². The van der Waals surface area contributed by atoms with Crippen LogP contribution in [-0.2, 0) is 4.79 Å². The van der Waals surface area contributed by atoms with Gasteiger partial charge in [-0.25, -0.2) is 14.6 Å². The highest BCUT2D eigenvalue weighted by Gasteiger charge is 2.35. The Morgan fingerprint density at radius 1 is 1.35 bits per heavy atom. The molecular formula is C13H11Cl2FN2O2. The van der Waals surface area contributed by atoms with Crippen molar-refractivity contribution in [3.63, 3.8) is 0 Å². The molecule has 0 saturated heterocycles. The Labute approximate surface area is 125 Å². The molecule has 1 aromatic rings. The van der Waals surface area contributed by atoms with E-state index in [0.717, 1.165) is 6.08 Å². The lowest BCUT2D eigenvalue weighted by atomic mass is 10.0. The van der Waals surface area contributed by atoms with Crippen LogP contribution in [0.4, 0.5) is 4.39 Å². The molecule has 0 amide bonds. The number of halogens is 3. The number of hydrogen-bond donors (Lipinski definition) is 2. The van der Waals surface area contributed by atoms with E-state index in [-0.39, 0.29) is 10.7 Å². The average molecular weight is 317 g/mol. The molecule has 1 aliphatic heterocycles. The van der Waals surface area contributed by atoms with Crippen LogP contribution in [-0.4, -0.2) is 29.2 Å². The third-order valence-electron chi connectivity index (χ3n) is 2.84. The van der Waals surface area contributed by atoms with E-state index >= 15 is 0 Å². The van der Waals surface area contributed by atoms with Crippen LogP contribution in [0.1, 0.15) is 5.56 Å². The number of allylic oxidation sites excluding steroid dienone is 2. The number of carboxylic acids is 1. The number of aliphatic carboxylic acids is 1. The van der Waals surface area contributed by atoms with E-state index in [1.54, 1.807) is 24.3 Å². The first kappa shape index (κ1) is 14.8. The molecule has 1 atom stereocenters. The molecule has 0 radical (unpaired) electrons. The minimum atomic E-state index is -1.19. The lowest BCUT2D eigenvalue weighted by Crippen LogP contribution is -2.48. The maximum atomic E-state index is 14.2. The first-order valence-corrected chi connectivity index (χ1v) is 6.43. The summed E-state index contributed by atoms with van der Waals surface area (Å²) in [5, 5.41) is 10.8. The van der Waals surface area contributed by atoms with Gasteiger partial charge in [0.2, 0.25) is 0 Å². The summed E-state index contributed by atoms with van der Waals surface area (Å²) >= 11 is 11.6. The summed E-state index contributed by atoms with van der Waals surface area (Å²) in [4.78, 5) is 11.3. The molecule has 1 aliphatic rings. The summed E-state index contributed by atoms with van der Waals surface area (Å²) in [7, 11) is 1.49. The fourth-order valence-corrected chi connectivity index (χ4v) is 2.40. The van der Waals surface area contributed by atoms with Gasteiger partial charge in [-0.3, -0.25) is 5.01 Å². The number of hydrogen-bond acceptors (Lipinski definition) is 3. The van der Waals surface area contributed by atoms with E-state index in [1.807, 2.05) is 0 Å². The first-order valence-electron chi connectivity index (χ1n) is 5.68. The number of carboxylic acid groups (broad SMARTS) is 1. The van der Waals surface area contributed by atoms with Crippen LogP contribution in [0, 0.1) is 0 Å². The second-order valence-electron chi connectivity index (χ2n) is 4.07. The minimum absolute atomic E-state index is 0.0981. The molecule has 20 heavy (non-hydrogen) atoms. The van der Waals surface area contributed by atoms with Crippen LogP contribution in [0.2, 0.25) is 5.02 Å². The van der Waals surface area contributed by atoms with Crippen molar-refractivity contribution in [3.8, 4) is 0 Å². The number of rotatable bonds is 3. The molecule has 1 unspecified atom stereocenters. The molecular weight excluding hydrogens is 306 g/mol. The zero-order chi connectivity index (χ0) is 14.9. The van der Waals surface area contributed by atoms with Crippen molar-refractivity contribution in [1.82, 2.24) is 10.4 Å². The predicted octanol–water partition coefficient (Wildman–Crippen LogP) is 3.00. The monoisotopic (exact) mass is 316 g/mol. The Bertz CT molecular complexity index is 599. The molecule has 1 heterocycles. The maximum absolute atomic E-state index is 14.2. The van der Waals surface area contributed by atoms with Gasteiger partial charge in [0.05, 0.1) is 10.7 Å². The number of nitrogens with one attached hydrogen (secondary N) is 1. The van der Waals surface area contributed by atoms with Crippen molar-refractivity contribution in [3.05, 3.63) is 51.8 Å². The molecule has 0 aliphatic carbocycles. The van der Waals surface area contributed by atoms with E-state index in [4.69, 9.17) is 23.2 Å². The van der Waals surface area contributed by atoms with Crippen LogP contribution >= 0.6 is 23.2 Å². The highest BCUT2D eigenvalue weighted by Crippen LogP contribution is 2.34. The smallest absolute Gasteiger partial charge is 0.333 e. The van der Waals surface area contributed by atoms with Gasteiger partial charge in [0.25, 0.3) is 0 Å². The summed E-state index contributed by atoms with van der Waals surface area (Å²) in [6, 6.07) is 5.22. The molecule has 0 bridgehead atoms. The van der Waals surface area contributed by atoms with Gasteiger partial charge >= 0.3 is 5.97 Å². The fraction of sp³-hybridized carbons (Fsp3) is 0.154. The Balaban J connectivity index is 2.55. The third-order valence-corrected chi connectivity index (χ3v) is 3.41. The third kappa shape index (κ3) is 2.65. The first-order chi connectivity index (χ1) is 9.45. The minimum Gasteiger partial charge on any atom is -0.479 e. The highest BCUT2D eigenvalue weighted by molar-refractivity contribution is 6.32. The van der Waals surface area contributed by atoms with E-state index in [9.17, 15) is 14.3 Å². The number of carbonyl (C=O) groups is 1. The molecule has 0 spiro atoms. The van der Waals surface area contributed by atoms with E-state index in [2.05, 4.69) is 5.43 Å². The second-order valence-corrected chi connectivity index (χ2v) is 4.94. The van der Waals surface area contributed by atoms with E-state index in [0.29, 0.717) is 10.6 Å². The SMILES string of the molecule is CNN1C(c2ccc(Cl)cc2)=C(F)C=C(Cl)C1C(=O)O. The largest absolute Gasteiger partial charge is 0.479 e. The number of nitrogens with zero attached hydrogens (tertiary/aromatic N) is 1. The van der Waals surface area contributed by atoms with Gasteiger partial charge in [-0.15, -0.1) is 0 Å². The predicted molar refractivity (Wildman–Crippen MR) is 75.7 cm³/mol. The van der Waals surface area contributed by atoms with Crippen LogP contribution < -0.4 is 5.43 Å². The Morgan fingerprint density at radius 3 is 2.45 bits per heavy atom. The highest BCUT2D eigenvalue weighted by atomic mass is 35.5. The van der Waals surface area contributed by atoms with Crippen molar-refractivity contribution >= 4 is 34.9 Å². The van der Waals surface area contributed by atoms with Crippen LogP contribution in [0.3, 0.4) is 0 Å². The molecule has 7 heteroatoms. The van der Waals surface area contributed by atoms with Crippen molar-refractivity contribution < 1.29 is 14.3 Å². The topological polar surface area (TPSA) is 52.6 Å². The quantitative estimate of drug-likeness (QED) is 0.900. The normalized spacial score (nSPS) is 19.1. The number of benzene rings is 1. The van der Waals surface area contributed by atoms with E-state index < -0.39 is 17.8 Å². The summed E-state index contributed by atoms with van der Waals surface area (Å²) in [6.07, 6.45) is 1.01. The zero-order valence-electron chi connectivity index (χ0n) is 10.4. The molecule has 106 valence electrons. The van der Waals surface area contributed by atoms with Gasteiger partial charge < -0.3 is 5.11 Å². The van der Waals surface area contributed by atoms with Crippen molar-refractivity contribution in [2.75, 3.05) is 7.05 Å². The van der Waals surface area contributed by atoms with Crippen molar-refractivity contribution in [2.24, 2.45) is 0 Å². The Kier molecular flexibility index (Phi) is 4.32. The van der Waals surface area contributed by atoms with Gasteiger partial charge in [0.15, 0.2) is 6.04 Å². The molecule has 0 fully saturated rings. The molecule has 0 saturated carbocycles. The van der Waals surface area contributed by atoms with E-state index in [1.165, 1.54) is 12.1 Å². The van der Waals surface area contributed by atoms with Gasteiger partial charge in [-0.2, -0.15) is 0 Å². The van der Waals surface area contributed by atoms with Gasteiger partial charge in [0.1, 0.15) is 5.83 Å². The fourth-order valence-electron chi connectivity index (χ4n) is 1.99. The average Bonchev–Trinajstić information content (AvgIpc) is 2.38. The van der Waals surface area contributed by atoms with Gasteiger partial charge in [0, 0.05) is 17.6 Å². The summed E-state index contributed by atoms with van der Waals surface area (Å²) < 4.78 is 14.2. The zero-order valence-corrected chi connectivity index (χ0v) is 11.9. The summed E-state index contributed by atoms with van der Waals surface area (Å²) in [5.41, 5.74) is 3.25. The number of hydrazine groups is 1. The molecule has 2 rings (SSSR count). The van der Waals surface area contributed by atoms with Crippen LogP contribution in [0.25, 0.3) is 5.70 Å². The van der Waals surface area contributed by atoms with Gasteiger partial charge in [-0.05, 0) is 18.2 Å². The van der Waals surface area contributed by atoms with Crippen molar-refractivity contribution in [2.45, 2.75) is 6.04 Å². The Morgan fingerprint density at radius 2 is 1.95 bits per heavy atom. The summed E-state index contributed by atoms with van der Waals surface area (Å²) in [5.74, 6) is -1.80. The van der Waals surface area contributed by atoms with Gasteiger partial charge in [-0.1, -0.05) is 35.3 Å². The molecule has 2 N–H and O–H groups in total. The van der Waals surface area contributed by atoms with Crippen LogP contribution in [0.15, 0.2) is 41.2 Å². The molecule has 1 aromatic carbocycles. The summed E-state index contributed by atoms with van der Waals surface area (Å²) in [6.45, 7) is 0. The standard InChI is InChI=1S/C13H11Cl2FN2O2/c1-17-18-11(7-2-4-8(14)5-3-7)10(16)6-9(15)12(18)13(19)20/h2-6,12,17H,1H3,(H,19,20). The lowest BCUT2D eigenvalue weighted by Gasteiger charge is -2.34.